The van der Waals surface area contributed by atoms with Gasteiger partial charge < -0.3 is 4.42 Å². The summed E-state index contributed by atoms with van der Waals surface area (Å²) in [4.78, 5) is 9.07. The van der Waals surface area contributed by atoms with Crippen LogP contribution in [0.5, 0.6) is 0 Å². The van der Waals surface area contributed by atoms with Crippen molar-refractivity contribution in [2.24, 2.45) is 0 Å². The van der Waals surface area contributed by atoms with Gasteiger partial charge in [0.1, 0.15) is 23.8 Å². The van der Waals surface area contributed by atoms with Crippen LogP contribution in [-0.2, 0) is 0 Å². The molecule has 0 fully saturated rings. The molecular weight excluding hydrogens is 464 g/mol. The number of imidazole rings is 2. The summed E-state index contributed by atoms with van der Waals surface area (Å²) < 4.78 is 14.2. The first-order valence-electron chi connectivity index (χ1n) is 11.9. The molecule has 0 radical (unpaired) electrons. The first kappa shape index (κ1) is 18.8. The molecule has 0 saturated heterocycles. The number of aromatic nitrogens is 8. The fourth-order valence-electron chi connectivity index (χ4n) is 5.54. The Kier molecular flexibility index (Phi) is 3.36. The van der Waals surface area contributed by atoms with Crippen LogP contribution in [0.3, 0.4) is 0 Å². The molecule has 5 heterocycles. The maximum absolute atomic E-state index is 6.23. The van der Waals surface area contributed by atoms with E-state index >= 15 is 0 Å². The Hall–Kier alpha value is -5.44. The molecule has 9 rings (SSSR count). The summed E-state index contributed by atoms with van der Waals surface area (Å²) in [5.74, 6) is 1.53. The van der Waals surface area contributed by atoms with Crippen molar-refractivity contribution in [3.05, 3.63) is 97.6 Å². The van der Waals surface area contributed by atoms with E-state index in [9.17, 15) is 0 Å². The highest BCUT2D eigenvalue weighted by atomic mass is 16.3. The van der Waals surface area contributed by atoms with Gasteiger partial charge in [0, 0.05) is 10.8 Å². The van der Waals surface area contributed by atoms with Crippen molar-refractivity contribution >= 4 is 55.6 Å². The van der Waals surface area contributed by atoms with E-state index in [1.165, 1.54) is 0 Å². The molecule has 37 heavy (non-hydrogen) atoms. The van der Waals surface area contributed by atoms with Crippen molar-refractivity contribution in [3.8, 4) is 11.4 Å². The van der Waals surface area contributed by atoms with Gasteiger partial charge in [-0.2, -0.15) is 29.2 Å². The van der Waals surface area contributed by atoms with Crippen LogP contribution >= 0.6 is 0 Å². The van der Waals surface area contributed by atoms with Gasteiger partial charge in [0.15, 0.2) is 0 Å². The molecule has 9 heteroatoms. The molecule has 4 aromatic carbocycles. The topological polar surface area (TPSA) is 83.4 Å². The highest BCUT2D eigenvalue weighted by molar-refractivity contribution is 6.06. The molecule has 0 aliphatic rings. The Morgan fingerprint density at radius 2 is 0.973 bits per heavy atom. The molecule has 9 nitrogen and oxygen atoms in total. The number of hydrogen-bond donors (Lipinski definition) is 0. The average Bonchev–Trinajstić information content (AvgIpc) is 3.74. The van der Waals surface area contributed by atoms with E-state index in [-0.39, 0.29) is 0 Å². The fourth-order valence-corrected chi connectivity index (χ4v) is 5.54. The van der Waals surface area contributed by atoms with E-state index in [0.29, 0.717) is 0 Å². The number of furan rings is 1. The molecule has 0 unspecified atom stereocenters. The minimum absolute atomic E-state index is 0.766. The lowest BCUT2D eigenvalue weighted by atomic mass is 10.1. The van der Waals surface area contributed by atoms with E-state index in [1.54, 1.807) is 12.7 Å². The normalized spacial score (nSPS) is 12.3. The third-order valence-electron chi connectivity index (χ3n) is 7.11. The van der Waals surface area contributed by atoms with Crippen LogP contribution in [0, 0.1) is 0 Å². The number of fused-ring (bicyclic) bond motifs is 9. The third-order valence-corrected chi connectivity index (χ3v) is 7.11. The Bertz CT molecular complexity index is 2160. The summed E-state index contributed by atoms with van der Waals surface area (Å²) in [6, 6.07) is 28.9. The van der Waals surface area contributed by atoms with Gasteiger partial charge in [-0.25, -0.2) is 0 Å². The minimum atomic E-state index is 0.766. The Labute approximate surface area is 207 Å². The second kappa shape index (κ2) is 6.61. The zero-order valence-electron chi connectivity index (χ0n) is 19.2. The Balaban J connectivity index is 1.32. The summed E-state index contributed by atoms with van der Waals surface area (Å²) >= 11 is 0. The second-order valence-electron chi connectivity index (χ2n) is 9.05. The number of benzene rings is 4. The largest absolute Gasteiger partial charge is 0.456 e. The van der Waals surface area contributed by atoms with Crippen LogP contribution < -0.4 is 0 Å². The summed E-state index contributed by atoms with van der Waals surface area (Å²) in [5.41, 5.74) is 7.73. The van der Waals surface area contributed by atoms with Crippen molar-refractivity contribution in [2.45, 2.75) is 0 Å². The van der Waals surface area contributed by atoms with Gasteiger partial charge >= 0.3 is 0 Å². The van der Waals surface area contributed by atoms with Crippen LogP contribution in [0.4, 0.5) is 0 Å². The summed E-state index contributed by atoms with van der Waals surface area (Å²) in [7, 11) is 0. The smallest absolute Gasteiger partial charge is 0.238 e. The minimum Gasteiger partial charge on any atom is -0.456 e. The average molecular weight is 480 g/mol. The quantitative estimate of drug-likeness (QED) is 0.324. The molecule has 0 N–H and O–H groups in total. The van der Waals surface area contributed by atoms with Crippen molar-refractivity contribution in [2.75, 3.05) is 0 Å². The zero-order chi connectivity index (χ0) is 24.1. The van der Waals surface area contributed by atoms with Gasteiger partial charge in [0.25, 0.3) is 0 Å². The molecule has 5 aromatic heterocycles. The molecule has 9 aromatic rings. The van der Waals surface area contributed by atoms with Crippen molar-refractivity contribution in [1.29, 1.82) is 0 Å². The molecule has 0 spiro atoms. The van der Waals surface area contributed by atoms with Crippen LogP contribution in [0.25, 0.3) is 66.9 Å². The highest BCUT2D eigenvalue weighted by Gasteiger charge is 2.18. The van der Waals surface area contributed by atoms with Gasteiger partial charge in [0.05, 0.1) is 33.4 Å². The van der Waals surface area contributed by atoms with Crippen molar-refractivity contribution in [3.63, 3.8) is 0 Å². The van der Waals surface area contributed by atoms with Crippen LogP contribution in [-0.4, -0.2) is 38.3 Å². The molecule has 0 amide bonds. The SMILES string of the molecule is c1ccc2c(c1)n(-c1ccc3oc4ccc(-n5c6ccccc6n6ncnc56)cc4c3c1)c1ncnn21. The molecule has 0 aliphatic carbocycles. The third kappa shape index (κ3) is 2.37. The van der Waals surface area contributed by atoms with Gasteiger partial charge in [-0.15, -0.1) is 0 Å². The summed E-state index contributed by atoms with van der Waals surface area (Å²) in [6.45, 7) is 0. The number of para-hydroxylation sites is 4. The van der Waals surface area contributed by atoms with Crippen molar-refractivity contribution in [1.82, 2.24) is 38.3 Å². The first-order chi connectivity index (χ1) is 18.3. The molecule has 0 saturated carbocycles. The molecule has 0 atom stereocenters. The molecule has 174 valence electrons. The number of hydrogen-bond acceptors (Lipinski definition) is 5. The molecule has 0 bridgehead atoms. The van der Waals surface area contributed by atoms with Gasteiger partial charge in [-0.1, -0.05) is 24.3 Å². The Morgan fingerprint density at radius 1 is 0.514 bits per heavy atom. The van der Waals surface area contributed by atoms with Gasteiger partial charge in [0.2, 0.25) is 11.6 Å². The lowest BCUT2D eigenvalue weighted by Gasteiger charge is -2.06. The Morgan fingerprint density at radius 3 is 1.46 bits per heavy atom. The lowest BCUT2D eigenvalue weighted by Crippen LogP contribution is -1.95. The maximum Gasteiger partial charge on any atom is 0.238 e. The number of rotatable bonds is 2. The van der Waals surface area contributed by atoms with Crippen LogP contribution in [0.2, 0.25) is 0 Å². The zero-order valence-corrected chi connectivity index (χ0v) is 19.2. The monoisotopic (exact) mass is 480 g/mol. The summed E-state index contributed by atoms with van der Waals surface area (Å²) in [6.07, 6.45) is 3.17. The predicted octanol–water partition coefficient (Wildman–Crippen LogP) is 5.56. The van der Waals surface area contributed by atoms with Gasteiger partial charge in [-0.05, 0) is 60.7 Å². The van der Waals surface area contributed by atoms with E-state index in [4.69, 9.17) is 4.42 Å². The fraction of sp³-hybridized carbons (Fsp3) is 0. The van der Waals surface area contributed by atoms with E-state index in [0.717, 1.165) is 66.9 Å². The van der Waals surface area contributed by atoms with E-state index < -0.39 is 0 Å². The van der Waals surface area contributed by atoms with Gasteiger partial charge in [-0.3, -0.25) is 9.13 Å². The maximum atomic E-state index is 6.23. The van der Waals surface area contributed by atoms with E-state index in [2.05, 4.69) is 77.8 Å². The van der Waals surface area contributed by atoms with E-state index in [1.807, 2.05) is 45.4 Å². The van der Waals surface area contributed by atoms with Crippen LogP contribution in [0.15, 0.2) is 102 Å². The predicted molar refractivity (Wildman–Crippen MR) is 140 cm³/mol. The number of nitrogens with zero attached hydrogens (tertiary/aromatic N) is 8. The summed E-state index contributed by atoms with van der Waals surface area (Å²) in [5, 5.41) is 10.9. The lowest BCUT2D eigenvalue weighted by molar-refractivity contribution is 0.669. The second-order valence-corrected chi connectivity index (χ2v) is 9.05. The van der Waals surface area contributed by atoms with Crippen molar-refractivity contribution < 1.29 is 4.42 Å². The standard InChI is InChI=1S/C28H16N8O/c1-3-7-23-21(5-1)33(27-29-15-31-35(23)27)17-9-11-25-19(13-17)20-14-18(10-12-26(20)37-25)34-22-6-2-4-8-24(22)36-28(34)30-16-32-36/h1-16H. The molecule has 0 aliphatic heterocycles. The highest BCUT2D eigenvalue weighted by Crippen LogP contribution is 2.34. The van der Waals surface area contributed by atoms with Crippen LogP contribution in [0.1, 0.15) is 0 Å². The first-order valence-corrected chi connectivity index (χ1v) is 11.9. The molecular formula is C28H16N8O.